The molecule has 2 aromatic rings. The Morgan fingerprint density at radius 2 is 1.86 bits per heavy atom. The Morgan fingerprint density at radius 1 is 1.14 bits per heavy atom. The second kappa shape index (κ2) is 6.80. The molecule has 0 fully saturated rings. The average Bonchev–Trinajstić information content (AvgIpc) is 2.85. The topological polar surface area (TPSA) is 25.2 Å². The van der Waals surface area contributed by atoms with Crippen LogP contribution in [0.2, 0.25) is 0 Å². The molecule has 0 bridgehead atoms. The van der Waals surface area contributed by atoms with E-state index in [1.165, 1.54) is 11.1 Å². The first-order valence-corrected chi connectivity index (χ1v) is 8.30. The maximum atomic E-state index is 5.82. The van der Waals surface area contributed by atoms with E-state index in [0.29, 0.717) is 0 Å². The largest absolute Gasteiger partial charge is 0.452 e. The first-order valence-electron chi connectivity index (χ1n) is 7.51. The molecule has 1 N–H and O–H groups in total. The summed E-state index contributed by atoms with van der Waals surface area (Å²) in [4.78, 5) is 0. The van der Waals surface area contributed by atoms with E-state index in [1.54, 1.807) is 0 Å². The maximum absolute atomic E-state index is 5.82. The highest BCUT2D eigenvalue weighted by Crippen LogP contribution is 2.34. The Bertz CT molecular complexity index is 583. The third kappa shape index (κ3) is 3.98. The van der Waals surface area contributed by atoms with Crippen LogP contribution in [0.15, 0.2) is 45.5 Å². The van der Waals surface area contributed by atoms with Crippen LogP contribution in [0.3, 0.4) is 0 Å². The third-order valence-corrected chi connectivity index (χ3v) is 3.98. The van der Waals surface area contributed by atoms with Crippen molar-refractivity contribution in [3.8, 4) is 0 Å². The number of rotatable bonds is 5. The summed E-state index contributed by atoms with van der Waals surface area (Å²) in [5.41, 5.74) is 2.75. The number of hydrogen-bond donors (Lipinski definition) is 1. The average molecular weight is 350 g/mol. The zero-order chi connectivity index (χ0) is 15.5. The SMILES string of the molecule is CCCNC(c1ccc(Br)o1)c1ccccc1C(C)(C)C. The van der Waals surface area contributed by atoms with Gasteiger partial charge in [-0.05, 0) is 57.6 Å². The summed E-state index contributed by atoms with van der Waals surface area (Å²) in [5, 5.41) is 3.61. The van der Waals surface area contributed by atoms with E-state index in [4.69, 9.17) is 4.42 Å². The van der Waals surface area contributed by atoms with Crippen molar-refractivity contribution >= 4 is 15.9 Å². The summed E-state index contributed by atoms with van der Waals surface area (Å²) >= 11 is 3.40. The Balaban J connectivity index is 2.46. The molecule has 0 aliphatic rings. The summed E-state index contributed by atoms with van der Waals surface area (Å²) in [6.45, 7) is 9.89. The molecule has 0 spiro atoms. The number of benzene rings is 1. The molecule has 0 saturated carbocycles. The van der Waals surface area contributed by atoms with Crippen molar-refractivity contribution in [1.29, 1.82) is 0 Å². The van der Waals surface area contributed by atoms with Gasteiger partial charge in [0, 0.05) is 0 Å². The molecule has 1 atom stereocenters. The fraction of sp³-hybridized carbons (Fsp3) is 0.444. The van der Waals surface area contributed by atoms with Gasteiger partial charge in [0.2, 0.25) is 0 Å². The Hall–Kier alpha value is -1.06. The second-order valence-electron chi connectivity index (χ2n) is 6.37. The molecule has 1 unspecified atom stereocenters. The van der Waals surface area contributed by atoms with E-state index in [-0.39, 0.29) is 11.5 Å². The van der Waals surface area contributed by atoms with Crippen molar-refractivity contribution in [3.63, 3.8) is 0 Å². The summed E-state index contributed by atoms with van der Waals surface area (Å²) in [6.07, 6.45) is 1.09. The molecule has 114 valence electrons. The lowest BCUT2D eigenvalue weighted by Crippen LogP contribution is -2.26. The highest BCUT2D eigenvalue weighted by atomic mass is 79.9. The minimum atomic E-state index is 0.0895. The first kappa shape index (κ1) is 16.3. The molecule has 0 saturated heterocycles. The van der Waals surface area contributed by atoms with Crippen LogP contribution in [0.1, 0.15) is 57.0 Å². The van der Waals surface area contributed by atoms with Gasteiger partial charge in [0.15, 0.2) is 4.67 Å². The molecular weight excluding hydrogens is 326 g/mol. The van der Waals surface area contributed by atoms with Crippen LogP contribution in [0.4, 0.5) is 0 Å². The number of furan rings is 1. The van der Waals surface area contributed by atoms with E-state index >= 15 is 0 Å². The zero-order valence-corrected chi connectivity index (χ0v) is 14.8. The zero-order valence-electron chi connectivity index (χ0n) is 13.2. The van der Waals surface area contributed by atoms with Crippen molar-refractivity contribution in [3.05, 3.63) is 58.0 Å². The predicted molar refractivity (Wildman–Crippen MR) is 91.7 cm³/mol. The molecule has 0 aliphatic heterocycles. The fourth-order valence-electron chi connectivity index (χ4n) is 2.57. The second-order valence-corrected chi connectivity index (χ2v) is 7.15. The third-order valence-electron chi connectivity index (χ3n) is 3.56. The molecule has 2 nitrogen and oxygen atoms in total. The Labute approximate surface area is 136 Å². The van der Waals surface area contributed by atoms with Gasteiger partial charge in [0.05, 0.1) is 6.04 Å². The summed E-state index contributed by atoms with van der Waals surface area (Å²) in [5.74, 6) is 0.951. The lowest BCUT2D eigenvalue weighted by molar-refractivity contribution is 0.428. The summed E-state index contributed by atoms with van der Waals surface area (Å²) in [6, 6.07) is 12.7. The molecule has 1 heterocycles. The highest BCUT2D eigenvalue weighted by Gasteiger charge is 2.25. The van der Waals surface area contributed by atoms with Crippen molar-refractivity contribution in [2.45, 2.75) is 45.6 Å². The van der Waals surface area contributed by atoms with Gasteiger partial charge >= 0.3 is 0 Å². The molecular formula is C18H24BrNO. The van der Waals surface area contributed by atoms with E-state index in [1.807, 2.05) is 12.1 Å². The van der Waals surface area contributed by atoms with Crippen LogP contribution < -0.4 is 5.32 Å². The molecule has 1 aromatic heterocycles. The predicted octanol–water partition coefficient (Wildman–Crippen LogP) is 5.43. The van der Waals surface area contributed by atoms with Gasteiger partial charge in [0.1, 0.15) is 5.76 Å². The van der Waals surface area contributed by atoms with E-state index in [9.17, 15) is 0 Å². The number of nitrogens with one attached hydrogen (secondary N) is 1. The molecule has 21 heavy (non-hydrogen) atoms. The van der Waals surface area contributed by atoms with E-state index in [2.05, 4.69) is 73.2 Å². The molecule has 0 aliphatic carbocycles. The van der Waals surface area contributed by atoms with E-state index in [0.717, 1.165) is 23.4 Å². The monoisotopic (exact) mass is 349 g/mol. The number of halogens is 1. The standard InChI is InChI=1S/C18H24BrNO/c1-5-12-20-17(15-10-11-16(19)21-15)13-8-6-7-9-14(13)18(2,3)4/h6-11,17,20H,5,12H2,1-4H3. The van der Waals surface area contributed by atoms with E-state index < -0.39 is 0 Å². The van der Waals surface area contributed by atoms with Crippen LogP contribution in [0.5, 0.6) is 0 Å². The lowest BCUT2D eigenvalue weighted by Gasteiger charge is -2.27. The van der Waals surface area contributed by atoms with Gasteiger partial charge in [-0.3, -0.25) is 0 Å². The van der Waals surface area contributed by atoms with Crippen molar-refractivity contribution in [1.82, 2.24) is 5.32 Å². The quantitative estimate of drug-likeness (QED) is 0.778. The molecule has 3 heteroatoms. The number of hydrogen-bond acceptors (Lipinski definition) is 2. The minimum Gasteiger partial charge on any atom is -0.452 e. The normalized spacial score (nSPS) is 13.4. The van der Waals surface area contributed by atoms with Gasteiger partial charge in [0.25, 0.3) is 0 Å². The van der Waals surface area contributed by atoms with Gasteiger partial charge in [-0.1, -0.05) is 52.0 Å². The van der Waals surface area contributed by atoms with Crippen LogP contribution in [-0.2, 0) is 5.41 Å². The molecule has 0 amide bonds. The van der Waals surface area contributed by atoms with Crippen molar-refractivity contribution in [2.75, 3.05) is 6.54 Å². The van der Waals surface area contributed by atoms with Crippen molar-refractivity contribution in [2.24, 2.45) is 0 Å². The van der Waals surface area contributed by atoms with Crippen molar-refractivity contribution < 1.29 is 4.42 Å². The van der Waals surface area contributed by atoms with Crippen LogP contribution in [0.25, 0.3) is 0 Å². The first-order chi connectivity index (χ1) is 9.93. The van der Waals surface area contributed by atoms with Gasteiger partial charge in [-0.25, -0.2) is 0 Å². The summed E-state index contributed by atoms with van der Waals surface area (Å²) < 4.78 is 6.59. The maximum Gasteiger partial charge on any atom is 0.169 e. The van der Waals surface area contributed by atoms with Gasteiger partial charge in [-0.2, -0.15) is 0 Å². The lowest BCUT2D eigenvalue weighted by atomic mass is 9.81. The van der Waals surface area contributed by atoms with Crippen LogP contribution in [0, 0.1) is 0 Å². The molecule has 0 radical (unpaired) electrons. The Morgan fingerprint density at radius 3 is 2.43 bits per heavy atom. The summed E-state index contributed by atoms with van der Waals surface area (Å²) in [7, 11) is 0. The molecule has 1 aromatic carbocycles. The molecule has 2 rings (SSSR count). The van der Waals surface area contributed by atoms with Crippen LogP contribution in [-0.4, -0.2) is 6.54 Å². The Kier molecular flexibility index (Phi) is 5.28. The smallest absolute Gasteiger partial charge is 0.169 e. The minimum absolute atomic E-state index is 0.0895. The van der Waals surface area contributed by atoms with Gasteiger partial charge < -0.3 is 9.73 Å². The highest BCUT2D eigenvalue weighted by molar-refractivity contribution is 9.10. The van der Waals surface area contributed by atoms with Gasteiger partial charge in [-0.15, -0.1) is 0 Å². The van der Waals surface area contributed by atoms with Crippen LogP contribution >= 0.6 is 15.9 Å². The fourth-order valence-corrected chi connectivity index (χ4v) is 2.89.